The van der Waals surface area contributed by atoms with Crippen molar-refractivity contribution in [1.29, 1.82) is 0 Å². The van der Waals surface area contributed by atoms with Crippen molar-refractivity contribution in [3.63, 3.8) is 0 Å². The molecule has 1 N–H and O–H groups in total. The van der Waals surface area contributed by atoms with Gasteiger partial charge in [-0.15, -0.1) is 11.3 Å². The highest BCUT2D eigenvalue weighted by Crippen LogP contribution is 2.31. The van der Waals surface area contributed by atoms with Gasteiger partial charge in [0.05, 0.1) is 5.69 Å². The van der Waals surface area contributed by atoms with E-state index in [1.165, 1.54) is 41.6 Å². The Morgan fingerprint density at radius 1 is 1.47 bits per heavy atom. The third-order valence-electron chi connectivity index (χ3n) is 3.62. The second kappa shape index (κ2) is 6.71. The average Bonchev–Trinajstić information content (AvgIpc) is 2.94. The summed E-state index contributed by atoms with van der Waals surface area (Å²) < 4.78 is 0. The Bertz CT molecular complexity index is 400. The third kappa shape index (κ3) is 3.93. The first-order valence-electron chi connectivity index (χ1n) is 7.57. The Balaban J connectivity index is 2.09. The summed E-state index contributed by atoms with van der Waals surface area (Å²) >= 11 is 1.89. The van der Waals surface area contributed by atoms with Crippen molar-refractivity contribution in [2.24, 2.45) is 5.92 Å². The molecule has 19 heavy (non-hydrogen) atoms. The molecule has 0 aliphatic carbocycles. The van der Waals surface area contributed by atoms with Gasteiger partial charge in [-0.2, -0.15) is 0 Å². The summed E-state index contributed by atoms with van der Waals surface area (Å²) in [5.41, 5.74) is 1.32. The monoisotopic (exact) mass is 281 g/mol. The highest BCUT2D eigenvalue weighted by atomic mass is 32.1. The molecule has 1 aromatic heterocycles. The van der Waals surface area contributed by atoms with Gasteiger partial charge in [0.15, 0.2) is 5.13 Å². The van der Waals surface area contributed by atoms with E-state index >= 15 is 0 Å². The minimum absolute atomic E-state index is 0.534. The minimum Gasteiger partial charge on any atom is -0.348 e. The number of nitrogens with one attached hydrogen (secondary N) is 1. The lowest BCUT2D eigenvalue weighted by molar-refractivity contribution is 0.589. The van der Waals surface area contributed by atoms with E-state index in [1.807, 2.05) is 11.3 Å². The Morgan fingerprint density at radius 2 is 2.26 bits per heavy atom. The SMILES string of the molecule is CCCc1nc(N2CCC(C)C2)sc1CNC(C)C. The van der Waals surface area contributed by atoms with Gasteiger partial charge < -0.3 is 10.2 Å². The molecule has 3 nitrogen and oxygen atoms in total. The fourth-order valence-electron chi connectivity index (χ4n) is 2.48. The smallest absolute Gasteiger partial charge is 0.185 e. The van der Waals surface area contributed by atoms with Crippen LogP contribution in [0.3, 0.4) is 0 Å². The second-order valence-electron chi connectivity index (χ2n) is 5.99. The molecule has 108 valence electrons. The van der Waals surface area contributed by atoms with Crippen molar-refractivity contribution < 1.29 is 0 Å². The standard InChI is InChI=1S/C15H27N3S/c1-5-6-13-14(9-16-11(2)3)19-15(17-13)18-8-7-12(4)10-18/h11-12,16H,5-10H2,1-4H3. The molecule has 1 saturated heterocycles. The molecular weight excluding hydrogens is 254 g/mol. The fourth-order valence-corrected chi connectivity index (χ4v) is 3.57. The van der Waals surface area contributed by atoms with E-state index in [-0.39, 0.29) is 0 Å². The van der Waals surface area contributed by atoms with Crippen LogP contribution < -0.4 is 10.2 Å². The first-order valence-corrected chi connectivity index (χ1v) is 8.38. The number of rotatable bonds is 6. The van der Waals surface area contributed by atoms with Crippen LogP contribution in [-0.2, 0) is 13.0 Å². The predicted molar refractivity (Wildman–Crippen MR) is 84.1 cm³/mol. The normalized spacial score (nSPS) is 19.6. The molecule has 1 atom stereocenters. The summed E-state index contributed by atoms with van der Waals surface area (Å²) in [5, 5.41) is 4.77. The Hall–Kier alpha value is -0.610. The van der Waals surface area contributed by atoms with Crippen molar-refractivity contribution >= 4 is 16.5 Å². The van der Waals surface area contributed by atoms with Gasteiger partial charge in [0.1, 0.15) is 0 Å². The molecular formula is C15H27N3S. The van der Waals surface area contributed by atoms with Crippen LogP contribution in [0.2, 0.25) is 0 Å². The Morgan fingerprint density at radius 3 is 2.84 bits per heavy atom. The van der Waals surface area contributed by atoms with E-state index < -0.39 is 0 Å². The van der Waals surface area contributed by atoms with E-state index in [9.17, 15) is 0 Å². The van der Waals surface area contributed by atoms with Crippen molar-refractivity contribution in [3.8, 4) is 0 Å². The van der Waals surface area contributed by atoms with Crippen molar-refractivity contribution in [1.82, 2.24) is 10.3 Å². The van der Waals surface area contributed by atoms with E-state index in [1.54, 1.807) is 0 Å². The topological polar surface area (TPSA) is 28.2 Å². The van der Waals surface area contributed by atoms with Gasteiger partial charge in [-0.1, -0.05) is 34.1 Å². The summed E-state index contributed by atoms with van der Waals surface area (Å²) in [7, 11) is 0. The molecule has 1 aromatic rings. The van der Waals surface area contributed by atoms with Crippen LogP contribution in [0.25, 0.3) is 0 Å². The van der Waals surface area contributed by atoms with Gasteiger partial charge >= 0.3 is 0 Å². The van der Waals surface area contributed by atoms with Gasteiger partial charge in [0.25, 0.3) is 0 Å². The summed E-state index contributed by atoms with van der Waals surface area (Å²) in [4.78, 5) is 8.80. The minimum atomic E-state index is 0.534. The van der Waals surface area contributed by atoms with Gasteiger partial charge in [-0.05, 0) is 18.8 Å². The summed E-state index contributed by atoms with van der Waals surface area (Å²) in [6.07, 6.45) is 3.59. The molecule has 0 amide bonds. The highest BCUT2D eigenvalue weighted by Gasteiger charge is 2.22. The molecule has 1 fully saturated rings. The van der Waals surface area contributed by atoms with Gasteiger partial charge in [0, 0.05) is 30.6 Å². The molecule has 2 heterocycles. The first-order chi connectivity index (χ1) is 9.10. The Labute approximate surface area is 121 Å². The lowest BCUT2D eigenvalue weighted by Gasteiger charge is -2.13. The van der Waals surface area contributed by atoms with Crippen LogP contribution in [0.4, 0.5) is 5.13 Å². The third-order valence-corrected chi connectivity index (χ3v) is 4.78. The number of thiazole rings is 1. The molecule has 0 aromatic carbocycles. The lowest BCUT2D eigenvalue weighted by atomic mass is 10.2. The summed E-state index contributed by atoms with van der Waals surface area (Å²) in [6.45, 7) is 12.3. The fraction of sp³-hybridized carbons (Fsp3) is 0.800. The zero-order valence-electron chi connectivity index (χ0n) is 12.7. The number of aryl methyl sites for hydroxylation is 1. The van der Waals surface area contributed by atoms with Gasteiger partial charge in [-0.3, -0.25) is 0 Å². The molecule has 0 saturated carbocycles. The van der Waals surface area contributed by atoms with Crippen molar-refractivity contribution in [2.75, 3.05) is 18.0 Å². The first kappa shape index (κ1) is 14.8. The maximum Gasteiger partial charge on any atom is 0.185 e. The maximum atomic E-state index is 4.90. The van der Waals surface area contributed by atoms with Gasteiger partial charge in [0.2, 0.25) is 0 Å². The number of anilines is 1. The summed E-state index contributed by atoms with van der Waals surface area (Å²) in [6, 6.07) is 0.534. The second-order valence-corrected chi connectivity index (χ2v) is 7.05. The molecule has 1 unspecified atom stereocenters. The van der Waals surface area contributed by atoms with E-state index in [0.29, 0.717) is 6.04 Å². The zero-order chi connectivity index (χ0) is 13.8. The van der Waals surface area contributed by atoms with Crippen LogP contribution in [0, 0.1) is 5.92 Å². The number of nitrogens with zero attached hydrogens (tertiary/aromatic N) is 2. The van der Waals surface area contributed by atoms with E-state index in [4.69, 9.17) is 4.98 Å². The van der Waals surface area contributed by atoms with Crippen LogP contribution in [0.15, 0.2) is 0 Å². The molecule has 0 spiro atoms. The molecule has 4 heteroatoms. The number of aromatic nitrogens is 1. The maximum absolute atomic E-state index is 4.90. The Kier molecular flexibility index (Phi) is 5.22. The zero-order valence-corrected chi connectivity index (χ0v) is 13.5. The largest absolute Gasteiger partial charge is 0.348 e. The van der Waals surface area contributed by atoms with E-state index in [0.717, 1.165) is 18.9 Å². The summed E-state index contributed by atoms with van der Waals surface area (Å²) in [5.74, 6) is 0.816. The van der Waals surface area contributed by atoms with Crippen molar-refractivity contribution in [2.45, 2.75) is 59.5 Å². The molecule has 0 radical (unpaired) electrons. The van der Waals surface area contributed by atoms with Crippen LogP contribution in [-0.4, -0.2) is 24.1 Å². The lowest BCUT2D eigenvalue weighted by Crippen LogP contribution is -2.21. The van der Waals surface area contributed by atoms with Crippen LogP contribution in [0.5, 0.6) is 0 Å². The van der Waals surface area contributed by atoms with Crippen LogP contribution in [0.1, 0.15) is 51.1 Å². The number of hydrogen-bond donors (Lipinski definition) is 1. The number of hydrogen-bond acceptors (Lipinski definition) is 4. The molecule has 1 aliphatic rings. The highest BCUT2D eigenvalue weighted by molar-refractivity contribution is 7.15. The van der Waals surface area contributed by atoms with Crippen molar-refractivity contribution in [3.05, 3.63) is 10.6 Å². The van der Waals surface area contributed by atoms with Gasteiger partial charge in [-0.25, -0.2) is 4.98 Å². The molecule has 2 rings (SSSR count). The molecule has 1 aliphatic heterocycles. The average molecular weight is 281 g/mol. The van der Waals surface area contributed by atoms with E-state index in [2.05, 4.69) is 37.9 Å². The molecule has 0 bridgehead atoms. The van der Waals surface area contributed by atoms with Crippen LogP contribution >= 0.6 is 11.3 Å². The quantitative estimate of drug-likeness (QED) is 0.866. The predicted octanol–water partition coefficient (Wildman–Crippen LogP) is 3.44.